The monoisotopic (exact) mass is 392 g/mol. The van der Waals surface area contributed by atoms with Gasteiger partial charge in [-0.2, -0.15) is 18.3 Å². The van der Waals surface area contributed by atoms with Crippen LogP contribution in [0.2, 0.25) is 0 Å². The number of aromatic nitrogens is 3. The van der Waals surface area contributed by atoms with E-state index in [0.29, 0.717) is 5.56 Å². The summed E-state index contributed by atoms with van der Waals surface area (Å²) >= 11 is 0. The van der Waals surface area contributed by atoms with Crippen molar-refractivity contribution in [3.05, 3.63) is 53.5 Å². The topological polar surface area (TPSA) is 88.8 Å². The summed E-state index contributed by atoms with van der Waals surface area (Å²) in [6.45, 7) is 1.25. The average molecular weight is 392 g/mol. The maximum atomic E-state index is 13.6. The number of fused-ring (bicyclic) bond motifs is 2. The molecule has 1 aromatic carbocycles. The number of alkyl halides is 3. The first-order valence-electron chi connectivity index (χ1n) is 8.34. The van der Waals surface area contributed by atoms with Crippen LogP contribution < -0.4 is 10.1 Å². The van der Waals surface area contributed by atoms with Crippen LogP contribution >= 0.6 is 0 Å². The van der Waals surface area contributed by atoms with E-state index in [1.165, 1.54) is 23.0 Å². The molecule has 0 fully saturated rings. The van der Waals surface area contributed by atoms with Gasteiger partial charge in [0.15, 0.2) is 5.65 Å². The highest BCUT2D eigenvalue weighted by molar-refractivity contribution is 6.08. The Hall–Kier alpha value is -3.14. The highest BCUT2D eigenvalue weighted by atomic mass is 19.4. The standard InChI is InChI=1S/C18H15F3N4O3/c1-17(9-26)7-10-5-13(12(18(19,20)21)6-14(10)28-17)24-16(27)11-8-23-25-4-2-3-22-15(11)25/h2-6,8,26H,7,9H2,1H3,(H,24,27)/t17-/m0/s1. The second-order valence-corrected chi connectivity index (χ2v) is 6.79. The number of halogens is 3. The Balaban J connectivity index is 1.73. The van der Waals surface area contributed by atoms with E-state index in [4.69, 9.17) is 4.74 Å². The van der Waals surface area contributed by atoms with Gasteiger partial charge in [-0.3, -0.25) is 4.79 Å². The highest BCUT2D eigenvalue weighted by Gasteiger charge is 2.40. The summed E-state index contributed by atoms with van der Waals surface area (Å²) in [4.78, 5) is 16.6. The number of hydrogen-bond donors (Lipinski definition) is 2. The number of ether oxygens (including phenoxy) is 1. The predicted molar refractivity (Wildman–Crippen MR) is 92.2 cm³/mol. The fourth-order valence-electron chi connectivity index (χ4n) is 3.17. The number of anilines is 1. The molecule has 0 spiro atoms. The first-order valence-corrected chi connectivity index (χ1v) is 8.34. The van der Waals surface area contributed by atoms with Crippen molar-refractivity contribution >= 4 is 17.2 Å². The number of carbonyl (C=O) groups excluding carboxylic acids is 1. The Morgan fingerprint density at radius 1 is 1.43 bits per heavy atom. The Labute approximate surface area is 156 Å². The summed E-state index contributed by atoms with van der Waals surface area (Å²) in [5.41, 5.74) is -1.68. The van der Waals surface area contributed by atoms with Crippen LogP contribution in [0.4, 0.5) is 18.9 Å². The molecule has 7 nitrogen and oxygen atoms in total. The molecule has 0 aliphatic carbocycles. The average Bonchev–Trinajstić information content (AvgIpc) is 3.20. The number of aliphatic hydroxyl groups excluding tert-OH is 1. The van der Waals surface area contributed by atoms with E-state index in [1.54, 1.807) is 19.2 Å². The fourth-order valence-corrected chi connectivity index (χ4v) is 3.17. The molecule has 0 radical (unpaired) electrons. The molecule has 2 aromatic heterocycles. The molecule has 146 valence electrons. The number of amides is 1. The van der Waals surface area contributed by atoms with Gasteiger partial charge in [0.2, 0.25) is 0 Å². The van der Waals surface area contributed by atoms with Crippen LogP contribution in [0.5, 0.6) is 5.75 Å². The molecule has 4 rings (SSSR count). The van der Waals surface area contributed by atoms with Crippen LogP contribution in [0.3, 0.4) is 0 Å². The third-order valence-electron chi connectivity index (χ3n) is 4.53. The zero-order valence-corrected chi connectivity index (χ0v) is 14.6. The van der Waals surface area contributed by atoms with Crippen molar-refractivity contribution in [1.29, 1.82) is 0 Å². The SMILES string of the molecule is C[C@@]1(CO)Cc2cc(NC(=O)c3cnn4cccnc34)c(C(F)(F)F)cc2O1. The number of rotatable bonds is 3. The quantitative estimate of drug-likeness (QED) is 0.716. The van der Waals surface area contributed by atoms with Crippen LogP contribution in [0.25, 0.3) is 5.65 Å². The van der Waals surface area contributed by atoms with Crippen LogP contribution in [0.1, 0.15) is 28.4 Å². The van der Waals surface area contributed by atoms with E-state index in [2.05, 4.69) is 15.4 Å². The maximum absolute atomic E-state index is 13.6. The van der Waals surface area contributed by atoms with Gasteiger partial charge in [0.25, 0.3) is 5.91 Å². The van der Waals surface area contributed by atoms with Gasteiger partial charge in [-0.25, -0.2) is 9.50 Å². The van der Waals surface area contributed by atoms with E-state index >= 15 is 0 Å². The van der Waals surface area contributed by atoms with E-state index in [-0.39, 0.29) is 30.0 Å². The summed E-state index contributed by atoms with van der Waals surface area (Å²) in [6.07, 6.45) is -0.221. The summed E-state index contributed by atoms with van der Waals surface area (Å²) in [5.74, 6) is -0.720. The van der Waals surface area contributed by atoms with Crippen LogP contribution in [-0.2, 0) is 12.6 Å². The molecule has 1 aliphatic heterocycles. The Morgan fingerprint density at radius 3 is 2.93 bits per heavy atom. The van der Waals surface area contributed by atoms with Crippen molar-refractivity contribution in [1.82, 2.24) is 14.6 Å². The summed E-state index contributed by atoms with van der Waals surface area (Å²) in [7, 11) is 0. The Kier molecular flexibility index (Phi) is 4.03. The van der Waals surface area contributed by atoms with Crippen LogP contribution in [0.15, 0.2) is 36.8 Å². The molecular weight excluding hydrogens is 377 g/mol. The molecule has 3 aromatic rings. The van der Waals surface area contributed by atoms with Gasteiger partial charge < -0.3 is 15.2 Å². The molecule has 10 heteroatoms. The first-order chi connectivity index (χ1) is 13.2. The normalized spacial score (nSPS) is 18.8. The highest BCUT2D eigenvalue weighted by Crippen LogP contribution is 2.43. The lowest BCUT2D eigenvalue weighted by Gasteiger charge is -2.20. The molecular formula is C18H15F3N4O3. The Morgan fingerprint density at radius 2 is 2.21 bits per heavy atom. The van der Waals surface area contributed by atoms with Gasteiger partial charge in [-0.15, -0.1) is 0 Å². The van der Waals surface area contributed by atoms with Gasteiger partial charge in [0.05, 0.1) is 24.1 Å². The Bertz CT molecular complexity index is 1080. The van der Waals surface area contributed by atoms with Crippen molar-refractivity contribution in [2.45, 2.75) is 25.1 Å². The molecule has 0 unspecified atom stereocenters. The lowest BCUT2D eigenvalue weighted by atomic mass is 9.98. The number of carbonyl (C=O) groups is 1. The second kappa shape index (κ2) is 6.20. The number of nitrogens with one attached hydrogen (secondary N) is 1. The largest absolute Gasteiger partial charge is 0.485 e. The minimum absolute atomic E-state index is 0.0412. The van der Waals surface area contributed by atoms with Crippen molar-refractivity contribution in [2.75, 3.05) is 11.9 Å². The van der Waals surface area contributed by atoms with Crippen molar-refractivity contribution in [3.63, 3.8) is 0 Å². The molecule has 1 aliphatic rings. The fraction of sp³-hybridized carbons (Fsp3) is 0.278. The molecule has 2 N–H and O–H groups in total. The summed E-state index contributed by atoms with van der Waals surface area (Å²) < 4.78 is 47.5. The minimum atomic E-state index is -4.71. The van der Waals surface area contributed by atoms with Crippen molar-refractivity contribution < 1.29 is 27.8 Å². The molecule has 28 heavy (non-hydrogen) atoms. The lowest BCUT2D eigenvalue weighted by molar-refractivity contribution is -0.137. The molecule has 1 amide bonds. The smallest absolute Gasteiger partial charge is 0.418 e. The van der Waals surface area contributed by atoms with E-state index < -0.39 is 28.9 Å². The van der Waals surface area contributed by atoms with E-state index in [0.717, 1.165) is 6.07 Å². The molecule has 3 heterocycles. The third-order valence-corrected chi connectivity index (χ3v) is 4.53. The second-order valence-electron chi connectivity index (χ2n) is 6.79. The van der Waals surface area contributed by atoms with Crippen LogP contribution in [-0.4, -0.2) is 37.8 Å². The summed E-state index contributed by atoms with van der Waals surface area (Å²) in [5, 5.41) is 15.7. The third kappa shape index (κ3) is 3.05. The van der Waals surface area contributed by atoms with Gasteiger partial charge >= 0.3 is 6.18 Å². The van der Waals surface area contributed by atoms with E-state index in [9.17, 15) is 23.1 Å². The van der Waals surface area contributed by atoms with Gasteiger partial charge in [-0.05, 0) is 25.1 Å². The minimum Gasteiger partial charge on any atom is -0.485 e. The summed E-state index contributed by atoms with van der Waals surface area (Å²) in [6, 6.07) is 3.69. The lowest BCUT2D eigenvalue weighted by Crippen LogP contribution is -2.34. The van der Waals surface area contributed by atoms with Gasteiger partial charge in [0.1, 0.15) is 16.9 Å². The molecule has 1 atom stereocenters. The van der Waals surface area contributed by atoms with Crippen LogP contribution in [0, 0.1) is 0 Å². The van der Waals surface area contributed by atoms with Crippen molar-refractivity contribution in [2.24, 2.45) is 0 Å². The van der Waals surface area contributed by atoms with E-state index in [1.807, 2.05) is 0 Å². The maximum Gasteiger partial charge on any atom is 0.418 e. The zero-order valence-electron chi connectivity index (χ0n) is 14.6. The molecule has 0 saturated carbocycles. The number of aliphatic hydroxyl groups is 1. The van der Waals surface area contributed by atoms with Gasteiger partial charge in [0, 0.05) is 24.4 Å². The van der Waals surface area contributed by atoms with Crippen molar-refractivity contribution in [3.8, 4) is 5.75 Å². The zero-order chi connectivity index (χ0) is 20.1. The first kappa shape index (κ1) is 18.2. The molecule has 0 bridgehead atoms. The number of hydrogen-bond acceptors (Lipinski definition) is 5. The predicted octanol–water partition coefficient (Wildman–Crippen LogP) is 2.69. The number of nitrogens with zero attached hydrogens (tertiary/aromatic N) is 3. The van der Waals surface area contributed by atoms with Gasteiger partial charge in [-0.1, -0.05) is 0 Å². The molecule has 0 saturated heterocycles. The number of benzene rings is 1.